The molecule has 0 aromatic heterocycles. The Bertz CT molecular complexity index is 708. The maximum absolute atomic E-state index is 6.15. The number of halogens is 3. The molecule has 0 amide bonds. The van der Waals surface area contributed by atoms with Crippen LogP contribution in [0.15, 0.2) is 42.5 Å². The highest BCUT2D eigenvalue weighted by atomic mass is 79.9. The van der Waals surface area contributed by atoms with E-state index in [9.17, 15) is 0 Å². The summed E-state index contributed by atoms with van der Waals surface area (Å²) in [5.41, 5.74) is 1.95. The average molecular weight is 432 g/mol. The van der Waals surface area contributed by atoms with Gasteiger partial charge in [0.15, 0.2) is 0 Å². The maximum Gasteiger partial charge on any atom is 0.205 e. The van der Waals surface area contributed by atoms with Gasteiger partial charge in [-0.2, -0.15) is 0 Å². The fraction of sp³-hybridized carbons (Fsp3) is 0.333. The summed E-state index contributed by atoms with van der Waals surface area (Å²) in [6.45, 7) is 2.82. The first-order valence-electron chi connectivity index (χ1n) is 7.55. The van der Waals surface area contributed by atoms with Crippen molar-refractivity contribution >= 4 is 39.1 Å². The van der Waals surface area contributed by atoms with Crippen LogP contribution in [0.3, 0.4) is 0 Å². The predicted octanol–water partition coefficient (Wildman–Crippen LogP) is 5.34. The van der Waals surface area contributed by atoms with Crippen LogP contribution in [0, 0.1) is 6.92 Å². The zero-order valence-corrected chi connectivity index (χ0v) is 16.2. The minimum absolute atomic E-state index is 0.170. The van der Waals surface area contributed by atoms with Crippen molar-refractivity contribution in [1.82, 2.24) is 0 Å². The molecule has 1 aliphatic heterocycles. The second-order valence-corrected chi connectivity index (χ2v) is 7.10. The van der Waals surface area contributed by atoms with E-state index in [2.05, 4.69) is 15.9 Å². The van der Waals surface area contributed by atoms with Gasteiger partial charge in [0.25, 0.3) is 0 Å². The van der Waals surface area contributed by atoms with E-state index in [4.69, 9.17) is 37.4 Å². The van der Waals surface area contributed by atoms with Gasteiger partial charge in [-0.3, -0.25) is 0 Å². The van der Waals surface area contributed by atoms with Gasteiger partial charge >= 0.3 is 0 Å². The van der Waals surface area contributed by atoms with Gasteiger partial charge in [-0.15, -0.1) is 0 Å². The summed E-state index contributed by atoms with van der Waals surface area (Å²) >= 11 is 15.5. The van der Waals surface area contributed by atoms with Gasteiger partial charge in [0, 0.05) is 15.6 Å². The molecule has 0 saturated carbocycles. The zero-order chi connectivity index (χ0) is 17.2. The monoisotopic (exact) mass is 430 g/mol. The fourth-order valence-electron chi connectivity index (χ4n) is 2.56. The van der Waals surface area contributed by atoms with Crippen molar-refractivity contribution in [3.05, 3.63) is 63.6 Å². The third kappa shape index (κ3) is 3.89. The summed E-state index contributed by atoms with van der Waals surface area (Å²) in [5.74, 6) is -0.0592. The van der Waals surface area contributed by atoms with E-state index < -0.39 is 5.79 Å². The van der Waals surface area contributed by atoms with Crippen LogP contribution in [0.25, 0.3) is 0 Å². The molecule has 3 nitrogen and oxygen atoms in total. The van der Waals surface area contributed by atoms with Crippen molar-refractivity contribution in [1.29, 1.82) is 0 Å². The van der Waals surface area contributed by atoms with Gasteiger partial charge < -0.3 is 14.2 Å². The van der Waals surface area contributed by atoms with Crippen molar-refractivity contribution < 1.29 is 14.2 Å². The number of ether oxygens (including phenoxy) is 3. The van der Waals surface area contributed by atoms with Crippen molar-refractivity contribution in [2.45, 2.75) is 18.8 Å². The molecule has 6 heteroatoms. The summed E-state index contributed by atoms with van der Waals surface area (Å²) in [6.07, 6.45) is -0.170. The van der Waals surface area contributed by atoms with Crippen molar-refractivity contribution in [2.24, 2.45) is 0 Å². The van der Waals surface area contributed by atoms with E-state index in [-0.39, 0.29) is 6.10 Å². The largest absolute Gasteiger partial charge is 0.490 e. The first-order valence-corrected chi connectivity index (χ1v) is 9.43. The van der Waals surface area contributed by atoms with E-state index in [1.807, 2.05) is 49.4 Å². The third-order valence-electron chi connectivity index (χ3n) is 3.89. The number of hydrogen-bond acceptors (Lipinski definition) is 3. The molecule has 2 aromatic carbocycles. The molecular weight excluding hydrogens is 415 g/mol. The van der Waals surface area contributed by atoms with Crippen LogP contribution in [0.1, 0.15) is 11.1 Å². The highest BCUT2D eigenvalue weighted by Gasteiger charge is 2.42. The van der Waals surface area contributed by atoms with Crippen LogP contribution in [0.2, 0.25) is 10.0 Å². The molecule has 3 rings (SSSR count). The van der Waals surface area contributed by atoms with E-state index in [1.54, 1.807) is 0 Å². The maximum atomic E-state index is 6.15. The first-order chi connectivity index (χ1) is 11.5. The van der Waals surface area contributed by atoms with Crippen LogP contribution in [-0.2, 0) is 15.3 Å². The molecule has 24 heavy (non-hydrogen) atoms. The second kappa shape index (κ2) is 7.63. The van der Waals surface area contributed by atoms with Gasteiger partial charge in [0.05, 0.1) is 11.9 Å². The SMILES string of the molecule is Cc1ccc(Cl)cc1OCC1COC(CBr)(c2ccc(Cl)cc2)O1. The summed E-state index contributed by atoms with van der Waals surface area (Å²) in [4.78, 5) is 0. The normalized spacial score (nSPS) is 23.4. The molecule has 0 aliphatic carbocycles. The van der Waals surface area contributed by atoms with Crippen molar-refractivity contribution in [3.63, 3.8) is 0 Å². The summed E-state index contributed by atoms with van der Waals surface area (Å²) in [7, 11) is 0. The van der Waals surface area contributed by atoms with E-state index >= 15 is 0 Å². The van der Waals surface area contributed by atoms with Crippen LogP contribution in [-0.4, -0.2) is 24.6 Å². The Hall–Kier alpha value is -0.780. The molecule has 2 unspecified atom stereocenters. The topological polar surface area (TPSA) is 27.7 Å². The summed E-state index contributed by atoms with van der Waals surface area (Å²) in [5, 5.41) is 1.85. The van der Waals surface area contributed by atoms with Crippen LogP contribution >= 0.6 is 39.1 Å². The highest BCUT2D eigenvalue weighted by Crippen LogP contribution is 2.37. The Labute approximate surface area is 159 Å². The average Bonchev–Trinajstić information content (AvgIpc) is 3.01. The van der Waals surface area contributed by atoms with Gasteiger partial charge in [0.2, 0.25) is 5.79 Å². The minimum Gasteiger partial charge on any atom is -0.490 e. The number of hydrogen-bond donors (Lipinski definition) is 0. The molecule has 0 N–H and O–H groups in total. The number of aryl methyl sites for hydroxylation is 1. The molecule has 0 bridgehead atoms. The molecule has 1 heterocycles. The molecule has 1 aliphatic rings. The second-order valence-electron chi connectivity index (χ2n) is 5.67. The molecule has 128 valence electrons. The Kier molecular flexibility index (Phi) is 5.73. The number of alkyl halides is 1. The molecular formula is C18H17BrCl2O3. The van der Waals surface area contributed by atoms with Crippen LogP contribution in [0.4, 0.5) is 0 Å². The number of benzene rings is 2. The van der Waals surface area contributed by atoms with Crippen molar-refractivity contribution in [2.75, 3.05) is 18.5 Å². The molecule has 1 fully saturated rings. The summed E-state index contributed by atoms with van der Waals surface area (Å²) in [6, 6.07) is 13.1. The summed E-state index contributed by atoms with van der Waals surface area (Å²) < 4.78 is 18.0. The minimum atomic E-state index is -0.817. The van der Waals surface area contributed by atoms with E-state index in [1.165, 1.54) is 0 Å². The van der Waals surface area contributed by atoms with Gasteiger partial charge in [-0.05, 0) is 36.8 Å². The molecule has 2 aromatic rings. The Morgan fingerprint density at radius 2 is 1.88 bits per heavy atom. The van der Waals surface area contributed by atoms with Gasteiger partial charge in [0.1, 0.15) is 18.5 Å². The Balaban J connectivity index is 1.67. The highest BCUT2D eigenvalue weighted by molar-refractivity contribution is 9.09. The standard InChI is InChI=1S/C18H17BrCl2O3/c1-12-2-5-15(21)8-17(12)22-9-16-10-23-18(11-19,24-16)13-3-6-14(20)7-4-13/h2-8,16H,9-11H2,1H3. The van der Waals surface area contributed by atoms with Crippen LogP contribution in [0.5, 0.6) is 5.75 Å². The van der Waals surface area contributed by atoms with E-state index in [0.717, 1.165) is 16.9 Å². The Morgan fingerprint density at radius 3 is 2.58 bits per heavy atom. The fourth-order valence-corrected chi connectivity index (χ4v) is 3.47. The molecule has 2 atom stereocenters. The lowest BCUT2D eigenvalue weighted by atomic mass is 10.1. The zero-order valence-electron chi connectivity index (χ0n) is 13.1. The van der Waals surface area contributed by atoms with Gasteiger partial charge in [-0.1, -0.05) is 57.3 Å². The lowest BCUT2D eigenvalue weighted by molar-refractivity contribution is -0.159. The Morgan fingerprint density at radius 1 is 1.17 bits per heavy atom. The first kappa shape index (κ1) is 18.0. The smallest absolute Gasteiger partial charge is 0.205 e. The molecule has 0 radical (unpaired) electrons. The van der Waals surface area contributed by atoms with Gasteiger partial charge in [-0.25, -0.2) is 0 Å². The lowest BCUT2D eigenvalue weighted by Gasteiger charge is -2.26. The lowest BCUT2D eigenvalue weighted by Crippen LogP contribution is -2.31. The number of rotatable bonds is 5. The molecule has 1 saturated heterocycles. The van der Waals surface area contributed by atoms with Crippen LogP contribution < -0.4 is 4.74 Å². The predicted molar refractivity (Wildman–Crippen MR) is 99.4 cm³/mol. The van der Waals surface area contributed by atoms with E-state index in [0.29, 0.717) is 28.6 Å². The van der Waals surface area contributed by atoms with Crippen molar-refractivity contribution in [3.8, 4) is 5.75 Å². The molecule has 0 spiro atoms. The quantitative estimate of drug-likeness (QED) is 0.597. The third-order valence-corrected chi connectivity index (χ3v) is 5.12.